The first kappa shape index (κ1) is 22.3. The van der Waals surface area contributed by atoms with E-state index in [1.807, 2.05) is 60.7 Å². The van der Waals surface area contributed by atoms with Crippen molar-refractivity contribution in [3.63, 3.8) is 0 Å². The summed E-state index contributed by atoms with van der Waals surface area (Å²) < 4.78 is 15.9. The van der Waals surface area contributed by atoms with E-state index in [-0.39, 0.29) is 11.9 Å². The zero-order valence-corrected chi connectivity index (χ0v) is 18.5. The largest absolute Gasteiger partial charge is 0.486 e. The molecule has 4 rings (SSSR count). The average molecular weight is 447 g/mol. The van der Waals surface area contributed by atoms with Crippen LogP contribution in [0, 0.1) is 0 Å². The Labute approximate surface area is 192 Å². The predicted molar refractivity (Wildman–Crippen MR) is 125 cm³/mol. The molecular formula is C26H26N2O5. The number of nitrogens with zero attached hydrogens (tertiary/aromatic N) is 1. The number of unbranched alkanes of at least 4 members (excludes halogenated alkanes) is 1. The Morgan fingerprint density at radius 3 is 2.30 bits per heavy atom. The molecule has 2 heterocycles. The van der Waals surface area contributed by atoms with E-state index >= 15 is 0 Å². The highest BCUT2D eigenvalue weighted by Gasteiger charge is 2.13. The number of rotatable bonds is 8. The van der Waals surface area contributed by atoms with Crippen molar-refractivity contribution in [1.82, 2.24) is 4.98 Å². The van der Waals surface area contributed by atoms with Gasteiger partial charge in [-0.25, -0.2) is 4.98 Å². The molecule has 3 aromatic rings. The number of hydrogen-bond acceptors (Lipinski definition) is 6. The van der Waals surface area contributed by atoms with E-state index in [2.05, 4.69) is 10.1 Å². The minimum Gasteiger partial charge on any atom is -0.486 e. The molecule has 1 aliphatic rings. The van der Waals surface area contributed by atoms with Crippen molar-refractivity contribution >= 4 is 17.6 Å². The standard InChI is InChI=1S/C26H26N2O5/c1-31-26(30)8-3-2-7-25(29)27-20-12-9-18(10-13-20)21-5-4-6-22(28-21)19-11-14-23-24(17-19)33-16-15-32-23/h4-6,9-14,17H,2-3,7-8,15-16H2,1H3,(H,27,29). The van der Waals surface area contributed by atoms with E-state index in [1.54, 1.807) is 0 Å². The second-order valence-corrected chi connectivity index (χ2v) is 7.68. The molecule has 2 aromatic carbocycles. The normalized spacial score (nSPS) is 12.2. The molecule has 1 aromatic heterocycles. The molecule has 0 saturated carbocycles. The van der Waals surface area contributed by atoms with E-state index in [4.69, 9.17) is 14.5 Å². The Morgan fingerprint density at radius 2 is 1.55 bits per heavy atom. The van der Waals surface area contributed by atoms with Gasteiger partial charge in [0.2, 0.25) is 5.91 Å². The molecule has 7 heteroatoms. The fraction of sp³-hybridized carbons (Fsp3) is 0.269. The number of benzene rings is 2. The Balaban J connectivity index is 1.38. The summed E-state index contributed by atoms with van der Waals surface area (Å²) in [4.78, 5) is 28.0. The Morgan fingerprint density at radius 1 is 0.879 bits per heavy atom. The van der Waals surface area contributed by atoms with Crippen molar-refractivity contribution in [1.29, 1.82) is 0 Å². The number of fused-ring (bicyclic) bond motifs is 1. The first-order chi connectivity index (χ1) is 16.1. The molecule has 1 N–H and O–H groups in total. The van der Waals surface area contributed by atoms with Crippen molar-refractivity contribution in [2.45, 2.75) is 25.7 Å². The molecule has 0 aliphatic carbocycles. The van der Waals surface area contributed by atoms with Gasteiger partial charge in [-0.2, -0.15) is 0 Å². The number of hydrogen-bond donors (Lipinski definition) is 1. The highest BCUT2D eigenvalue weighted by atomic mass is 16.6. The van der Waals surface area contributed by atoms with Crippen LogP contribution < -0.4 is 14.8 Å². The number of methoxy groups -OCH3 is 1. The monoisotopic (exact) mass is 446 g/mol. The molecule has 0 saturated heterocycles. The number of amides is 1. The number of aromatic nitrogens is 1. The molecule has 0 radical (unpaired) electrons. The maximum atomic E-state index is 12.1. The number of ether oxygens (including phenoxy) is 3. The van der Waals surface area contributed by atoms with Crippen LogP contribution in [0.3, 0.4) is 0 Å². The van der Waals surface area contributed by atoms with Crippen molar-refractivity contribution in [3.05, 3.63) is 60.7 Å². The summed E-state index contributed by atoms with van der Waals surface area (Å²) >= 11 is 0. The summed E-state index contributed by atoms with van der Waals surface area (Å²) in [6.07, 6.45) is 1.95. The molecule has 0 fully saturated rings. The quantitative estimate of drug-likeness (QED) is 0.393. The van der Waals surface area contributed by atoms with E-state index in [1.165, 1.54) is 7.11 Å². The fourth-order valence-corrected chi connectivity index (χ4v) is 3.56. The molecule has 1 aliphatic heterocycles. The third-order valence-electron chi connectivity index (χ3n) is 5.31. The summed E-state index contributed by atoms with van der Waals surface area (Å²) in [5.41, 5.74) is 4.30. The van der Waals surface area contributed by atoms with Crippen LogP contribution in [0.25, 0.3) is 22.5 Å². The zero-order chi connectivity index (χ0) is 23.0. The zero-order valence-electron chi connectivity index (χ0n) is 18.5. The van der Waals surface area contributed by atoms with Crippen LogP contribution >= 0.6 is 0 Å². The predicted octanol–water partition coefficient (Wildman–Crippen LogP) is 4.86. The van der Waals surface area contributed by atoms with Gasteiger partial charge in [0.1, 0.15) is 13.2 Å². The summed E-state index contributed by atoms with van der Waals surface area (Å²) in [5, 5.41) is 2.89. The van der Waals surface area contributed by atoms with Gasteiger partial charge < -0.3 is 19.5 Å². The molecular weight excluding hydrogens is 420 g/mol. The first-order valence-corrected chi connectivity index (χ1v) is 11.0. The third-order valence-corrected chi connectivity index (χ3v) is 5.31. The lowest BCUT2D eigenvalue weighted by molar-refractivity contribution is -0.140. The first-order valence-electron chi connectivity index (χ1n) is 11.0. The molecule has 7 nitrogen and oxygen atoms in total. The average Bonchev–Trinajstić information content (AvgIpc) is 2.86. The van der Waals surface area contributed by atoms with Gasteiger partial charge in [0.15, 0.2) is 11.5 Å². The number of carbonyl (C=O) groups excluding carboxylic acids is 2. The van der Waals surface area contributed by atoms with Crippen LogP contribution in [0.5, 0.6) is 11.5 Å². The number of nitrogens with one attached hydrogen (secondary N) is 1. The van der Waals surface area contributed by atoms with Crippen molar-refractivity contribution in [3.8, 4) is 34.0 Å². The second kappa shape index (κ2) is 10.6. The van der Waals surface area contributed by atoms with Crippen molar-refractivity contribution < 1.29 is 23.8 Å². The summed E-state index contributed by atoms with van der Waals surface area (Å²) in [7, 11) is 1.36. The fourth-order valence-electron chi connectivity index (χ4n) is 3.56. The SMILES string of the molecule is COC(=O)CCCCC(=O)Nc1ccc(-c2cccc(-c3ccc4c(c3)OCCO4)n2)cc1. The third kappa shape index (κ3) is 5.88. The molecule has 170 valence electrons. The lowest BCUT2D eigenvalue weighted by Crippen LogP contribution is -2.15. The van der Waals surface area contributed by atoms with Crippen LogP contribution in [-0.4, -0.2) is 37.2 Å². The molecule has 0 spiro atoms. The molecule has 0 atom stereocenters. The summed E-state index contributed by atoms with van der Waals surface area (Å²) in [6.45, 7) is 1.10. The van der Waals surface area contributed by atoms with E-state index in [9.17, 15) is 9.59 Å². The second-order valence-electron chi connectivity index (χ2n) is 7.68. The Hall–Kier alpha value is -3.87. The topological polar surface area (TPSA) is 86.8 Å². The highest BCUT2D eigenvalue weighted by Crippen LogP contribution is 2.34. The van der Waals surface area contributed by atoms with Gasteiger partial charge >= 0.3 is 5.97 Å². The minimum absolute atomic E-state index is 0.0775. The van der Waals surface area contributed by atoms with Crippen LogP contribution in [0.4, 0.5) is 5.69 Å². The van der Waals surface area contributed by atoms with Gasteiger partial charge in [-0.1, -0.05) is 18.2 Å². The number of carbonyl (C=O) groups is 2. The van der Waals surface area contributed by atoms with Gasteiger partial charge in [0.05, 0.1) is 18.5 Å². The van der Waals surface area contributed by atoms with Crippen LogP contribution in [0.2, 0.25) is 0 Å². The Kier molecular flexibility index (Phi) is 7.19. The summed E-state index contributed by atoms with van der Waals surface area (Å²) in [6, 6.07) is 19.3. The highest BCUT2D eigenvalue weighted by molar-refractivity contribution is 5.91. The molecule has 33 heavy (non-hydrogen) atoms. The molecule has 0 bridgehead atoms. The van der Waals surface area contributed by atoms with Gasteiger partial charge in [0.25, 0.3) is 0 Å². The Bertz CT molecular complexity index is 1130. The van der Waals surface area contributed by atoms with E-state index in [0.29, 0.717) is 38.9 Å². The number of anilines is 1. The number of pyridine rings is 1. The molecule has 1 amide bonds. The minimum atomic E-state index is -0.252. The van der Waals surface area contributed by atoms with Gasteiger partial charge in [-0.15, -0.1) is 0 Å². The van der Waals surface area contributed by atoms with Gasteiger partial charge in [-0.05, 0) is 55.3 Å². The van der Waals surface area contributed by atoms with Gasteiger partial charge in [-0.3, -0.25) is 9.59 Å². The lowest BCUT2D eigenvalue weighted by Gasteiger charge is -2.18. The number of esters is 1. The maximum absolute atomic E-state index is 12.1. The molecule has 0 unspecified atom stereocenters. The van der Waals surface area contributed by atoms with Crippen LogP contribution in [0.15, 0.2) is 60.7 Å². The lowest BCUT2D eigenvalue weighted by atomic mass is 10.1. The maximum Gasteiger partial charge on any atom is 0.305 e. The van der Waals surface area contributed by atoms with E-state index < -0.39 is 0 Å². The van der Waals surface area contributed by atoms with Crippen molar-refractivity contribution in [2.24, 2.45) is 0 Å². The van der Waals surface area contributed by atoms with Crippen LogP contribution in [-0.2, 0) is 14.3 Å². The summed E-state index contributed by atoms with van der Waals surface area (Å²) in [5.74, 6) is 1.16. The smallest absolute Gasteiger partial charge is 0.305 e. The van der Waals surface area contributed by atoms with E-state index in [0.717, 1.165) is 39.7 Å². The van der Waals surface area contributed by atoms with Crippen molar-refractivity contribution in [2.75, 3.05) is 25.6 Å². The van der Waals surface area contributed by atoms with Crippen LogP contribution in [0.1, 0.15) is 25.7 Å². The van der Waals surface area contributed by atoms with Gasteiger partial charge in [0, 0.05) is 29.7 Å².